The summed E-state index contributed by atoms with van der Waals surface area (Å²) in [4.78, 5) is 0. The highest BCUT2D eigenvalue weighted by Crippen LogP contribution is 2.30. The lowest BCUT2D eigenvalue weighted by molar-refractivity contribution is 0.303. The minimum atomic E-state index is -0.250. The molecule has 0 amide bonds. The summed E-state index contributed by atoms with van der Waals surface area (Å²) in [6, 6.07) is 10.1. The summed E-state index contributed by atoms with van der Waals surface area (Å²) in [7, 11) is 0. The van der Waals surface area contributed by atoms with Crippen LogP contribution in [0.5, 0.6) is 5.75 Å². The molecule has 0 atom stereocenters. The normalized spacial score (nSPS) is 10.5. The highest BCUT2D eigenvalue weighted by Gasteiger charge is 2.09. The lowest BCUT2D eigenvalue weighted by Gasteiger charge is -2.13. The third-order valence-electron chi connectivity index (χ3n) is 2.87. The van der Waals surface area contributed by atoms with Gasteiger partial charge < -0.3 is 4.74 Å². The molecule has 0 heterocycles. The van der Waals surface area contributed by atoms with Crippen molar-refractivity contribution in [2.75, 3.05) is 0 Å². The fourth-order valence-corrected chi connectivity index (χ4v) is 2.25. The van der Waals surface area contributed by atoms with Crippen molar-refractivity contribution in [3.63, 3.8) is 0 Å². The Bertz CT molecular complexity index is 584. The number of alkyl halides is 1. The Morgan fingerprint density at radius 1 is 1.16 bits per heavy atom. The van der Waals surface area contributed by atoms with Crippen LogP contribution >= 0.6 is 23.2 Å². The van der Waals surface area contributed by atoms with Crippen LogP contribution in [0.25, 0.3) is 0 Å². The van der Waals surface area contributed by atoms with Crippen LogP contribution in [0.1, 0.15) is 16.7 Å². The van der Waals surface area contributed by atoms with E-state index in [1.165, 1.54) is 12.1 Å². The van der Waals surface area contributed by atoms with E-state index in [0.29, 0.717) is 23.3 Å². The van der Waals surface area contributed by atoms with Crippen molar-refractivity contribution in [1.82, 2.24) is 0 Å². The molecular weight excluding hydrogens is 286 g/mol. The first-order valence-corrected chi connectivity index (χ1v) is 6.74. The van der Waals surface area contributed by atoms with Crippen LogP contribution in [0.3, 0.4) is 0 Å². The highest BCUT2D eigenvalue weighted by molar-refractivity contribution is 6.32. The second-order valence-corrected chi connectivity index (χ2v) is 4.90. The molecule has 2 rings (SSSR count). The third-order valence-corrected chi connectivity index (χ3v) is 3.45. The molecule has 4 heteroatoms. The number of ether oxygens (including phenoxy) is 1. The molecule has 0 aliphatic carbocycles. The molecule has 1 nitrogen and oxygen atoms in total. The average molecular weight is 299 g/mol. The van der Waals surface area contributed by atoms with Crippen molar-refractivity contribution < 1.29 is 9.13 Å². The molecule has 0 aliphatic heterocycles. The maximum absolute atomic E-state index is 13.0. The van der Waals surface area contributed by atoms with Crippen LogP contribution in [0.4, 0.5) is 4.39 Å². The summed E-state index contributed by atoms with van der Waals surface area (Å²) >= 11 is 11.9. The van der Waals surface area contributed by atoms with Crippen molar-refractivity contribution in [1.29, 1.82) is 0 Å². The summed E-state index contributed by atoms with van der Waals surface area (Å²) in [5.41, 5.74) is 2.61. The van der Waals surface area contributed by atoms with E-state index in [1.54, 1.807) is 12.1 Å². The van der Waals surface area contributed by atoms with Gasteiger partial charge in [-0.2, -0.15) is 0 Å². The van der Waals surface area contributed by atoms with Gasteiger partial charge in [-0.25, -0.2) is 4.39 Å². The van der Waals surface area contributed by atoms with Gasteiger partial charge in [0.05, 0.1) is 10.9 Å². The zero-order chi connectivity index (χ0) is 13.8. The Morgan fingerprint density at radius 3 is 2.63 bits per heavy atom. The van der Waals surface area contributed by atoms with Crippen molar-refractivity contribution in [3.05, 3.63) is 63.9 Å². The number of halogens is 3. The maximum Gasteiger partial charge on any atom is 0.142 e. The predicted molar refractivity (Wildman–Crippen MR) is 76.5 cm³/mol. The fourth-order valence-electron chi connectivity index (χ4n) is 1.79. The van der Waals surface area contributed by atoms with Gasteiger partial charge in [-0.05, 0) is 36.2 Å². The van der Waals surface area contributed by atoms with Crippen LogP contribution in [0, 0.1) is 12.7 Å². The summed E-state index contributed by atoms with van der Waals surface area (Å²) < 4.78 is 18.7. The van der Waals surface area contributed by atoms with E-state index in [1.807, 2.05) is 19.1 Å². The minimum Gasteiger partial charge on any atom is -0.487 e. The molecule has 0 unspecified atom stereocenters. The summed E-state index contributed by atoms with van der Waals surface area (Å²) in [6.45, 7) is 2.18. The van der Waals surface area contributed by atoms with Gasteiger partial charge in [0.1, 0.15) is 18.2 Å². The lowest BCUT2D eigenvalue weighted by Crippen LogP contribution is -2.00. The summed E-state index contributed by atoms with van der Waals surface area (Å²) in [5, 5.41) is 0.526. The molecule has 100 valence electrons. The first-order chi connectivity index (χ1) is 9.11. The van der Waals surface area contributed by atoms with Crippen molar-refractivity contribution >= 4 is 23.2 Å². The van der Waals surface area contributed by atoms with Gasteiger partial charge in [0.25, 0.3) is 0 Å². The van der Waals surface area contributed by atoms with Crippen LogP contribution in [0.2, 0.25) is 5.02 Å². The SMILES string of the molecule is Cc1cc(F)ccc1COc1c(Cl)cccc1CCl. The number of hydrogen-bond donors (Lipinski definition) is 0. The topological polar surface area (TPSA) is 9.23 Å². The Hall–Kier alpha value is -1.25. The van der Waals surface area contributed by atoms with Gasteiger partial charge in [0.2, 0.25) is 0 Å². The van der Waals surface area contributed by atoms with E-state index in [-0.39, 0.29) is 5.82 Å². The Labute approximate surface area is 121 Å². The Balaban J connectivity index is 2.19. The van der Waals surface area contributed by atoms with Gasteiger partial charge in [-0.1, -0.05) is 29.8 Å². The Morgan fingerprint density at radius 2 is 1.95 bits per heavy atom. The summed E-state index contributed by atoms with van der Waals surface area (Å²) in [5.74, 6) is 0.668. The average Bonchev–Trinajstić information content (AvgIpc) is 2.39. The molecule has 19 heavy (non-hydrogen) atoms. The number of benzene rings is 2. The molecule has 0 bridgehead atoms. The molecular formula is C15H13Cl2FO. The molecule has 2 aromatic carbocycles. The van der Waals surface area contributed by atoms with E-state index < -0.39 is 0 Å². The van der Waals surface area contributed by atoms with E-state index in [2.05, 4.69) is 0 Å². The van der Waals surface area contributed by atoms with Crippen LogP contribution in [-0.4, -0.2) is 0 Å². The third kappa shape index (κ3) is 3.40. The van der Waals surface area contributed by atoms with Crippen molar-refractivity contribution in [2.45, 2.75) is 19.4 Å². The van der Waals surface area contributed by atoms with E-state index in [4.69, 9.17) is 27.9 Å². The van der Waals surface area contributed by atoms with Gasteiger partial charge in [0, 0.05) is 5.56 Å². The molecule has 0 saturated heterocycles. The van der Waals surface area contributed by atoms with Crippen LogP contribution < -0.4 is 4.74 Å². The van der Waals surface area contributed by atoms with Crippen molar-refractivity contribution in [2.24, 2.45) is 0 Å². The molecule has 0 aromatic heterocycles. The molecule has 2 aromatic rings. The van der Waals surface area contributed by atoms with Crippen molar-refractivity contribution in [3.8, 4) is 5.75 Å². The standard InChI is InChI=1S/C15H13Cl2FO/c1-10-7-13(18)6-5-12(10)9-19-15-11(8-16)3-2-4-14(15)17/h2-7H,8-9H2,1H3. The number of hydrogen-bond acceptors (Lipinski definition) is 1. The second kappa shape index (κ2) is 6.27. The predicted octanol–water partition coefficient (Wildman–Crippen LogP) is 5.11. The number of rotatable bonds is 4. The minimum absolute atomic E-state index is 0.250. The van der Waals surface area contributed by atoms with E-state index >= 15 is 0 Å². The van der Waals surface area contributed by atoms with Gasteiger partial charge >= 0.3 is 0 Å². The molecule has 0 spiro atoms. The van der Waals surface area contributed by atoms with Gasteiger partial charge in [0.15, 0.2) is 0 Å². The van der Waals surface area contributed by atoms with Gasteiger partial charge in [-0.3, -0.25) is 0 Å². The van der Waals surface area contributed by atoms with E-state index in [0.717, 1.165) is 16.7 Å². The first kappa shape index (κ1) is 14.2. The molecule has 0 aliphatic rings. The quantitative estimate of drug-likeness (QED) is 0.713. The maximum atomic E-state index is 13.0. The molecule has 0 N–H and O–H groups in total. The lowest BCUT2D eigenvalue weighted by atomic mass is 10.1. The fraction of sp³-hybridized carbons (Fsp3) is 0.200. The molecule has 0 fully saturated rings. The smallest absolute Gasteiger partial charge is 0.142 e. The largest absolute Gasteiger partial charge is 0.487 e. The zero-order valence-corrected chi connectivity index (χ0v) is 11.9. The number of para-hydroxylation sites is 1. The Kier molecular flexibility index (Phi) is 4.67. The first-order valence-electron chi connectivity index (χ1n) is 5.83. The molecule has 0 radical (unpaired) electrons. The van der Waals surface area contributed by atoms with Crippen LogP contribution in [-0.2, 0) is 12.5 Å². The number of aryl methyl sites for hydroxylation is 1. The summed E-state index contributed by atoms with van der Waals surface area (Å²) in [6.07, 6.45) is 0. The highest BCUT2D eigenvalue weighted by atomic mass is 35.5. The monoisotopic (exact) mass is 298 g/mol. The molecule has 0 saturated carbocycles. The van der Waals surface area contributed by atoms with Gasteiger partial charge in [-0.15, -0.1) is 11.6 Å². The van der Waals surface area contributed by atoms with E-state index in [9.17, 15) is 4.39 Å². The van der Waals surface area contributed by atoms with Crippen LogP contribution in [0.15, 0.2) is 36.4 Å². The second-order valence-electron chi connectivity index (χ2n) is 4.22. The zero-order valence-electron chi connectivity index (χ0n) is 10.4.